The van der Waals surface area contributed by atoms with Crippen molar-refractivity contribution in [3.05, 3.63) is 35.1 Å². The molecule has 1 aromatic carbocycles. The third-order valence-corrected chi connectivity index (χ3v) is 3.75. The van der Waals surface area contributed by atoms with Crippen molar-refractivity contribution < 1.29 is 14.3 Å². The molecule has 1 aliphatic rings. The van der Waals surface area contributed by atoms with Gasteiger partial charge in [0.1, 0.15) is 5.82 Å². The number of oxime groups is 1. The minimum atomic E-state index is -0.407. The average molecular weight is 281 g/mol. The van der Waals surface area contributed by atoms with Gasteiger partial charge >= 0.3 is 0 Å². The molecule has 0 spiro atoms. The molecule has 1 saturated carbocycles. The van der Waals surface area contributed by atoms with Crippen LogP contribution in [0, 0.1) is 5.82 Å². The van der Waals surface area contributed by atoms with Gasteiger partial charge in [0.15, 0.2) is 5.84 Å². The molecule has 6 heteroatoms. The monoisotopic (exact) mass is 281 g/mol. The van der Waals surface area contributed by atoms with Crippen molar-refractivity contribution in [1.29, 1.82) is 0 Å². The largest absolute Gasteiger partial charge is 0.409 e. The Kier molecular flexibility index (Phi) is 4.92. The van der Waals surface area contributed by atoms with E-state index in [1.807, 2.05) is 0 Å². The summed E-state index contributed by atoms with van der Waals surface area (Å²) < 4.78 is 18.6. The van der Waals surface area contributed by atoms with Crippen molar-refractivity contribution in [1.82, 2.24) is 5.32 Å². The van der Waals surface area contributed by atoms with E-state index in [0.717, 1.165) is 24.8 Å². The van der Waals surface area contributed by atoms with E-state index in [-0.39, 0.29) is 5.84 Å². The van der Waals surface area contributed by atoms with Gasteiger partial charge in [-0.15, -0.1) is 0 Å². The molecule has 1 fully saturated rings. The molecule has 110 valence electrons. The molecular weight excluding hydrogens is 261 g/mol. The first kappa shape index (κ1) is 14.7. The molecule has 0 aliphatic heterocycles. The van der Waals surface area contributed by atoms with Crippen LogP contribution in [-0.4, -0.2) is 30.3 Å². The topological polar surface area (TPSA) is 79.9 Å². The molecule has 0 heterocycles. The fraction of sp³-hybridized carbons (Fsp3) is 0.500. The summed E-state index contributed by atoms with van der Waals surface area (Å²) in [6.45, 7) is 0.549. The van der Waals surface area contributed by atoms with Gasteiger partial charge in [-0.1, -0.05) is 11.2 Å². The molecule has 2 unspecified atom stereocenters. The van der Waals surface area contributed by atoms with Gasteiger partial charge in [0, 0.05) is 25.3 Å². The van der Waals surface area contributed by atoms with Crippen LogP contribution in [0.25, 0.3) is 0 Å². The number of hydrogen-bond donors (Lipinski definition) is 3. The van der Waals surface area contributed by atoms with Crippen LogP contribution in [-0.2, 0) is 11.3 Å². The summed E-state index contributed by atoms with van der Waals surface area (Å²) >= 11 is 0. The number of amidine groups is 1. The van der Waals surface area contributed by atoms with Gasteiger partial charge in [0.05, 0.1) is 6.10 Å². The highest BCUT2D eigenvalue weighted by molar-refractivity contribution is 5.98. The van der Waals surface area contributed by atoms with Crippen LogP contribution >= 0.6 is 0 Å². The Morgan fingerprint density at radius 3 is 3.00 bits per heavy atom. The van der Waals surface area contributed by atoms with Gasteiger partial charge in [-0.3, -0.25) is 0 Å². The van der Waals surface area contributed by atoms with Crippen molar-refractivity contribution in [2.75, 3.05) is 7.11 Å². The minimum absolute atomic E-state index is 0.0810. The van der Waals surface area contributed by atoms with Gasteiger partial charge in [-0.2, -0.15) is 0 Å². The summed E-state index contributed by atoms with van der Waals surface area (Å²) in [6.07, 6.45) is 3.38. The molecule has 0 amide bonds. The predicted molar refractivity (Wildman–Crippen MR) is 74.2 cm³/mol. The molecule has 1 aliphatic carbocycles. The molecule has 2 rings (SSSR count). The van der Waals surface area contributed by atoms with Crippen molar-refractivity contribution in [2.45, 2.75) is 38.0 Å². The average Bonchev–Trinajstić information content (AvgIpc) is 2.93. The fourth-order valence-electron chi connectivity index (χ4n) is 2.59. The Bertz CT molecular complexity index is 493. The Labute approximate surface area is 117 Å². The van der Waals surface area contributed by atoms with Crippen molar-refractivity contribution >= 4 is 5.84 Å². The van der Waals surface area contributed by atoms with Gasteiger partial charge in [0.2, 0.25) is 0 Å². The highest BCUT2D eigenvalue weighted by atomic mass is 19.1. The van der Waals surface area contributed by atoms with Crippen LogP contribution in [0.5, 0.6) is 0 Å². The van der Waals surface area contributed by atoms with Crippen molar-refractivity contribution in [2.24, 2.45) is 10.9 Å². The molecule has 2 atom stereocenters. The molecule has 0 radical (unpaired) electrons. The van der Waals surface area contributed by atoms with Crippen LogP contribution in [0.15, 0.2) is 23.4 Å². The molecule has 1 aromatic rings. The molecule has 0 bridgehead atoms. The number of halogens is 1. The number of nitrogens with one attached hydrogen (secondary N) is 1. The van der Waals surface area contributed by atoms with Crippen LogP contribution < -0.4 is 11.1 Å². The third-order valence-electron chi connectivity index (χ3n) is 3.75. The Morgan fingerprint density at radius 1 is 1.55 bits per heavy atom. The molecular formula is C14H20FN3O2. The first-order chi connectivity index (χ1) is 9.63. The van der Waals surface area contributed by atoms with Gasteiger partial charge in [-0.05, 0) is 37.0 Å². The second-order valence-corrected chi connectivity index (χ2v) is 5.04. The zero-order valence-electron chi connectivity index (χ0n) is 11.5. The molecule has 0 aromatic heterocycles. The maximum absolute atomic E-state index is 13.3. The number of nitrogens with two attached hydrogens (primary N) is 1. The molecule has 20 heavy (non-hydrogen) atoms. The fourth-order valence-corrected chi connectivity index (χ4v) is 2.59. The van der Waals surface area contributed by atoms with Crippen LogP contribution in [0.1, 0.15) is 30.4 Å². The van der Waals surface area contributed by atoms with E-state index in [1.165, 1.54) is 12.1 Å². The lowest BCUT2D eigenvalue weighted by Gasteiger charge is -2.15. The van der Waals surface area contributed by atoms with Crippen LogP contribution in [0.2, 0.25) is 0 Å². The SMILES string of the molecule is COC1CCC(NCc2ccc(F)cc2/C(N)=N/O)C1. The van der Waals surface area contributed by atoms with Crippen LogP contribution in [0.4, 0.5) is 4.39 Å². The van der Waals surface area contributed by atoms with E-state index in [1.54, 1.807) is 13.2 Å². The number of nitrogens with zero attached hydrogens (tertiary/aromatic N) is 1. The van der Waals surface area contributed by atoms with E-state index in [0.29, 0.717) is 24.3 Å². The van der Waals surface area contributed by atoms with E-state index >= 15 is 0 Å². The number of hydrogen-bond acceptors (Lipinski definition) is 4. The first-order valence-electron chi connectivity index (χ1n) is 6.66. The quantitative estimate of drug-likeness (QED) is 0.331. The summed E-state index contributed by atoms with van der Waals surface area (Å²) in [5, 5.41) is 15.1. The molecule has 0 saturated heterocycles. The lowest BCUT2D eigenvalue weighted by atomic mass is 10.1. The minimum Gasteiger partial charge on any atom is -0.409 e. The van der Waals surface area contributed by atoms with E-state index in [9.17, 15) is 4.39 Å². The number of rotatable bonds is 5. The van der Waals surface area contributed by atoms with E-state index in [2.05, 4.69) is 10.5 Å². The van der Waals surface area contributed by atoms with Crippen molar-refractivity contribution in [3.63, 3.8) is 0 Å². The smallest absolute Gasteiger partial charge is 0.170 e. The lowest BCUT2D eigenvalue weighted by Crippen LogP contribution is -2.28. The second kappa shape index (κ2) is 6.67. The predicted octanol–water partition coefficient (Wildman–Crippen LogP) is 1.58. The zero-order valence-corrected chi connectivity index (χ0v) is 11.5. The van der Waals surface area contributed by atoms with Crippen molar-refractivity contribution in [3.8, 4) is 0 Å². The molecule has 4 N–H and O–H groups in total. The molecule has 5 nitrogen and oxygen atoms in total. The summed E-state index contributed by atoms with van der Waals surface area (Å²) in [7, 11) is 1.73. The maximum Gasteiger partial charge on any atom is 0.170 e. The maximum atomic E-state index is 13.3. The highest BCUT2D eigenvalue weighted by Crippen LogP contribution is 2.22. The summed E-state index contributed by atoms with van der Waals surface area (Å²) in [4.78, 5) is 0. The van der Waals surface area contributed by atoms with E-state index < -0.39 is 5.82 Å². The Balaban J connectivity index is 2.02. The second-order valence-electron chi connectivity index (χ2n) is 5.04. The summed E-state index contributed by atoms with van der Waals surface area (Å²) in [6, 6.07) is 4.68. The highest BCUT2D eigenvalue weighted by Gasteiger charge is 2.24. The van der Waals surface area contributed by atoms with Gasteiger partial charge in [-0.25, -0.2) is 4.39 Å². The number of benzene rings is 1. The summed E-state index contributed by atoms with van der Waals surface area (Å²) in [5.41, 5.74) is 6.80. The lowest BCUT2D eigenvalue weighted by molar-refractivity contribution is 0.107. The van der Waals surface area contributed by atoms with E-state index in [4.69, 9.17) is 15.7 Å². The number of methoxy groups -OCH3 is 1. The first-order valence-corrected chi connectivity index (χ1v) is 6.66. The Morgan fingerprint density at radius 2 is 2.35 bits per heavy atom. The van der Waals surface area contributed by atoms with Crippen LogP contribution in [0.3, 0.4) is 0 Å². The third kappa shape index (κ3) is 3.46. The Hall–Kier alpha value is -1.66. The zero-order chi connectivity index (χ0) is 14.5. The summed E-state index contributed by atoms with van der Waals surface area (Å²) in [5.74, 6) is -0.488. The number of ether oxygens (including phenoxy) is 1. The standard InChI is InChI=1S/C14H20FN3O2/c1-20-12-5-4-11(7-12)17-8-9-2-3-10(15)6-13(9)14(16)18-19/h2-3,6,11-12,17,19H,4-5,7-8H2,1H3,(H2,16,18). The normalized spacial score (nSPS) is 23.2. The van der Waals surface area contributed by atoms with Gasteiger partial charge in [0.25, 0.3) is 0 Å². The van der Waals surface area contributed by atoms with Gasteiger partial charge < -0.3 is 21.0 Å².